The second kappa shape index (κ2) is 10.2. The molecule has 0 fully saturated rings. The number of hydrogen-bond acceptors (Lipinski definition) is 2. The molecule has 0 heterocycles. The summed E-state index contributed by atoms with van der Waals surface area (Å²) in [5, 5.41) is 0. The van der Waals surface area contributed by atoms with E-state index >= 15 is 0 Å². The summed E-state index contributed by atoms with van der Waals surface area (Å²) < 4.78 is 5.88. The molecule has 0 amide bonds. The van der Waals surface area contributed by atoms with E-state index in [-0.39, 0.29) is 5.41 Å². The zero-order valence-electron chi connectivity index (χ0n) is 14.0. The second-order valence-electron chi connectivity index (χ2n) is 6.82. The Labute approximate surface area is 136 Å². The van der Waals surface area contributed by atoms with E-state index in [9.17, 15) is 0 Å². The number of benzene rings is 1. The van der Waals surface area contributed by atoms with Crippen molar-refractivity contribution >= 4 is 12.6 Å². The molecule has 0 radical (unpaired) electrons. The van der Waals surface area contributed by atoms with Crippen LogP contribution in [0.5, 0.6) is 5.75 Å². The molecule has 0 aliphatic heterocycles. The maximum absolute atomic E-state index is 5.88. The van der Waals surface area contributed by atoms with Gasteiger partial charge in [-0.15, -0.1) is 0 Å². The third-order valence-corrected chi connectivity index (χ3v) is 4.09. The van der Waals surface area contributed by atoms with Gasteiger partial charge in [0.15, 0.2) is 0 Å². The monoisotopic (exact) mass is 308 g/mol. The lowest BCUT2D eigenvalue weighted by molar-refractivity contribution is 0.303. The predicted molar refractivity (Wildman–Crippen MR) is 96.8 cm³/mol. The van der Waals surface area contributed by atoms with E-state index in [4.69, 9.17) is 4.74 Å². The van der Waals surface area contributed by atoms with Gasteiger partial charge in [-0.25, -0.2) is 0 Å². The van der Waals surface area contributed by atoms with Gasteiger partial charge in [0.1, 0.15) is 5.75 Å². The van der Waals surface area contributed by atoms with Gasteiger partial charge in [0.2, 0.25) is 0 Å². The first-order chi connectivity index (χ1) is 10.0. The van der Waals surface area contributed by atoms with Gasteiger partial charge in [-0.1, -0.05) is 65.0 Å². The molecule has 0 aliphatic rings. The Hall–Kier alpha value is -0.630. The quantitative estimate of drug-likeness (QED) is 0.410. The van der Waals surface area contributed by atoms with Gasteiger partial charge >= 0.3 is 0 Å². The maximum Gasteiger partial charge on any atom is 0.119 e. The fourth-order valence-corrected chi connectivity index (χ4v) is 2.56. The molecular formula is C19H32OS. The van der Waals surface area contributed by atoms with Crippen molar-refractivity contribution in [1.82, 2.24) is 0 Å². The maximum atomic E-state index is 5.88. The standard InChI is InChI=1S/C19H32OS/c1-19(2,3)17-12-11-13-18(16-17)20-14-9-7-5-4-6-8-10-15-21/h11-13,16,21H,4-10,14-15H2,1-3H3. The van der Waals surface area contributed by atoms with Crippen LogP contribution in [-0.2, 0) is 5.41 Å². The van der Waals surface area contributed by atoms with Crippen LogP contribution in [0.15, 0.2) is 24.3 Å². The summed E-state index contributed by atoms with van der Waals surface area (Å²) in [6.45, 7) is 7.55. The molecule has 1 aromatic carbocycles. The van der Waals surface area contributed by atoms with E-state index in [1.807, 2.05) is 0 Å². The Morgan fingerprint density at radius 2 is 1.52 bits per heavy atom. The SMILES string of the molecule is CC(C)(C)c1cccc(OCCCCCCCCCS)c1. The highest BCUT2D eigenvalue weighted by atomic mass is 32.1. The minimum absolute atomic E-state index is 0.187. The van der Waals surface area contributed by atoms with Gasteiger partial charge in [-0.2, -0.15) is 12.6 Å². The molecule has 2 heteroatoms. The van der Waals surface area contributed by atoms with E-state index in [1.54, 1.807) is 0 Å². The number of ether oxygens (including phenoxy) is 1. The molecule has 120 valence electrons. The van der Waals surface area contributed by atoms with E-state index in [1.165, 1.54) is 44.1 Å². The molecule has 0 saturated carbocycles. The average molecular weight is 309 g/mol. The summed E-state index contributed by atoms with van der Waals surface area (Å²) in [5.74, 6) is 2.04. The summed E-state index contributed by atoms with van der Waals surface area (Å²) in [4.78, 5) is 0. The van der Waals surface area contributed by atoms with Crippen LogP contribution in [0.1, 0.15) is 71.3 Å². The van der Waals surface area contributed by atoms with Crippen molar-refractivity contribution in [3.05, 3.63) is 29.8 Å². The first-order valence-corrected chi connectivity index (χ1v) is 9.01. The van der Waals surface area contributed by atoms with Crippen molar-refractivity contribution in [1.29, 1.82) is 0 Å². The first kappa shape index (κ1) is 18.4. The molecule has 1 aromatic rings. The fourth-order valence-electron chi connectivity index (χ4n) is 2.34. The molecule has 0 N–H and O–H groups in total. The largest absolute Gasteiger partial charge is 0.494 e. The third-order valence-electron chi connectivity index (χ3n) is 3.77. The predicted octanol–water partition coefficient (Wildman–Crippen LogP) is 6.02. The molecule has 0 atom stereocenters. The zero-order valence-corrected chi connectivity index (χ0v) is 14.9. The van der Waals surface area contributed by atoms with E-state index in [0.717, 1.165) is 24.5 Å². The molecule has 0 spiro atoms. The molecule has 0 bridgehead atoms. The summed E-state index contributed by atoms with van der Waals surface area (Å²) in [6.07, 6.45) is 9.07. The number of thiol groups is 1. The lowest BCUT2D eigenvalue weighted by atomic mass is 9.87. The highest BCUT2D eigenvalue weighted by Gasteiger charge is 2.13. The van der Waals surface area contributed by atoms with E-state index in [2.05, 4.69) is 57.7 Å². The second-order valence-corrected chi connectivity index (χ2v) is 7.27. The van der Waals surface area contributed by atoms with Gasteiger partial charge in [-0.05, 0) is 41.7 Å². The van der Waals surface area contributed by atoms with Crippen LogP contribution in [0.4, 0.5) is 0 Å². The Kier molecular flexibility index (Phi) is 8.91. The van der Waals surface area contributed by atoms with Crippen molar-refractivity contribution in [2.24, 2.45) is 0 Å². The number of unbranched alkanes of at least 4 members (excludes halogenated alkanes) is 6. The Bertz CT molecular complexity index is 381. The van der Waals surface area contributed by atoms with Crippen molar-refractivity contribution in [2.75, 3.05) is 12.4 Å². The smallest absolute Gasteiger partial charge is 0.119 e. The summed E-state index contributed by atoms with van der Waals surface area (Å²) >= 11 is 4.23. The average Bonchev–Trinajstić information content (AvgIpc) is 2.45. The minimum Gasteiger partial charge on any atom is -0.494 e. The van der Waals surface area contributed by atoms with Crippen LogP contribution in [0.25, 0.3) is 0 Å². The van der Waals surface area contributed by atoms with Crippen LogP contribution in [0, 0.1) is 0 Å². The Morgan fingerprint density at radius 1 is 0.905 bits per heavy atom. The lowest BCUT2D eigenvalue weighted by Gasteiger charge is -2.19. The van der Waals surface area contributed by atoms with Crippen LogP contribution < -0.4 is 4.74 Å². The van der Waals surface area contributed by atoms with Gasteiger partial charge < -0.3 is 4.74 Å². The van der Waals surface area contributed by atoms with Crippen LogP contribution >= 0.6 is 12.6 Å². The molecule has 21 heavy (non-hydrogen) atoms. The first-order valence-electron chi connectivity index (χ1n) is 8.38. The van der Waals surface area contributed by atoms with Crippen LogP contribution in [0.2, 0.25) is 0 Å². The highest BCUT2D eigenvalue weighted by molar-refractivity contribution is 7.80. The van der Waals surface area contributed by atoms with Crippen molar-refractivity contribution < 1.29 is 4.74 Å². The van der Waals surface area contributed by atoms with Gasteiger partial charge in [-0.3, -0.25) is 0 Å². The Balaban J connectivity index is 2.13. The number of hydrogen-bond donors (Lipinski definition) is 1. The van der Waals surface area contributed by atoms with E-state index < -0.39 is 0 Å². The van der Waals surface area contributed by atoms with Crippen molar-refractivity contribution in [3.63, 3.8) is 0 Å². The fraction of sp³-hybridized carbons (Fsp3) is 0.684. The molecule has 1 rings (SSSR count). The lowest BCUT2D eigenvalue weighted by Crippen LogP contribution is -2.11. The van der Waals surface area contributed by atoms with Crippen LogP contribution in [0.3, 0.4) is 0 Å². The summed E-state index contributed by atoms with van der Waals surface area (Å²) in [7, 11) is 0. The van der Waals surface area contributed by atoms with E-state index in [0.29, 0.717) is 0 Å². The number of rotatable bonds is 10. The van der Waals surface area contributed by atoms with Gasteiger partial charge in [0, 0.05) is 0 Å². The zero-order chi connectivity index (χ0) is 15.6. The summed E-state index contributed by atoms with van der Waals surface area (Å²) in [5.41, 5.74) is 1.52. The van der Waals surface area contributed by atoms with Gasteiger partial charge in [0.05, 0.1) is 6.61 Å². The third kappa shape index (κ3) is 8.40. The molecule has 0 saturated heterocycles. The molecule has 0 aliphatic carbocycles. The molecular weight excluding hydrogens is 276 g/mol. The topological polar surface area (TPSA) is 9.23 Å². The Morgan fingerprint density at radius 3 is 2.14 bits per heavy atom. The normalized spacial score (nSPS) is 11.6. The highest BCUT2D eigenvalue weighted by Crippen LogP contribution is 2.25. The van der Waals surface area contributed by atoms with Crippen LogP contribution in [-0.4, -0.2) is 12.4 Å². The van der Waals surface area contributed by atoms with Crippen molar-refractivity contribution in [3.8, 4) is 5.75 Å². The van der Waals surface area contributed by atoms with Gasteiger partial charge in [0.25, 0.3) is 0 Å². The summed E-state index contributed by atoms with van der Waals surface area (Å²) in [6, 6.07) is 8.51. The molecule has 0 aromatic heterocycles. The molecule has 1 nitrogen and oxygen atoms in total. The molecule has 0 unspecified atom stereocenters. The minimum atomic E-state index is 0.187. The van der Waals surface area contributed by atoms with Crippen molar-refractivity contribution in [2.45, 2.75) is 71.1 Å².